The lowest BCUT2D eigenvalue weighted by atomic mass is 9.78. The first-order chi connectivity index (χ1) is 22.4. The lowest BCUT2D eigenvalue weighted by Gasteiger charge is -2.43. The molecule has 0 aromatic carbocycles. The number of piperidine rings is 1. The van der Waals surface area contributed by atoms with Crippen molar-refractivity contribution in [1.29, 1.82) is 0 Å². The predicted molar refractivity (Wildman–Crippen MR) is 181 cm³/mol. The van der Waals surface area contributed by atoms with Gasteiger partial charge in [0.05, 0.1) is 22.6 Å². The lowest BCUT2D eigenvalue weighted by Crippen LogP contribution is -2.65. The molecule has 5 amide bonds. The summed E-state index contributed by atoms with van der Waals surface area (Å²) >= 11 is 0. The maximum atomic E-state index is 14.5. The first-order valence-electron chi connectivity index (χ1n) is 17.8. The van der Waals surface area contributed by atoms with Crippen LogP contribution in [0.25, 0.3) is 0 Å². The molecule has 5 aliphatic rings. The Hall–Kier alpha value is -2.96. The predicted octanol–water partition coefficient (Wildman–Crippen LogP) is 2.62. The van der Waals surface area contributed by atoms with Gasteiger partial charge < -0.3 is 26.2 Å². The molecule has 13 heteroatoms. The van der Waals surface area contributed by atoms with Crippen LogP contribution in [0.1, 0.15) is 98.8 Å². The zero-order chi connectivity index (χ0) is 35.2. The third-order valence-electron chi connectivity index (χ3n) is 11.7. The standard InChI is InChI=1S/C35H55N5O7S/c1-7-17-36-30(43)27(41)23(19-21-13-14-21)37-29(42)26-25-22(34(25,5)6)20-40(26)31(44)28(33(2,3)4)38-32(45)39-35(15-9-8-10-16-35)24-12-11-18-48(24,46)47/h7,21-26,28H,1,8-20H2,2-6H3,(H,36,43)(H,37,42)(H2,38,39,45)/t22-,23-,24?,25-,26-,28+/m0/s1. The summed E-state index contributed by atoms with van der Waals surface area (Å²) in [5.41, 5.74) is -1.82. The van der Waals surface area contributed by atoms with Gasteiger partial charge in [0, 0.05) is 13.1 Å². The minimum Gasteiger partial charge on any atom is -0.346 e. The van der Waals surface area contributed by atoms with E-state index in [2.05, 4.69) is 41.7 Å². The zero-order valence-electron chi connectivity index (χ0n) is 29.2. The molecular weight excluding hydrogens is 634 g/mol. The summed E-state index contributed by atoms with van der Waals surface area (Å²) in [6, 6.07) is -3.47. The number of hydrogen-bond donors (Lipinski definition) is 4. The minimum atomic E-state index is -3.35. The molecule has 2 aliphatic heterocycles. The number of carbonyl (C=O) groups is 5. The van der Waals surface area contributed by atoms with Gasteiger partial charge in [-0.2, -0.15) is 0 Å². The van der Waals surface area contributed by atoms with Crippen molar-refractivity contribution in [2.24, 2.45) is 28.6 Å². The van der Waals surface area contributed by atoms with Crippen molar-refractivity contribution >= 4 is 39.4 Å². The van der Waals surface area contributed by atoms with E-state index in [0.29, 0.717) is 38.6 Å². The third kappa shape index (κ3) is 7.31. The van der Waals surface area contributed by atoms with Crippen LogP contribution in [-0.2, 0) is 29.0 Å². The largest absolute Gasteiger partial charge is 0.346 e. The van der Waals surface area contributed by atoms with Gasteiger partial charge in [-0.15, -0.1) is 6.58 Å². The maximum absolute atomic E-state index is 14.5. The van der Waals surface area contributed by atoms with E-state index in [1.54, 1.807) is 4.90 Å². The Labute approximate surface area is 285 Å². The molecule has 0 aromatic heterocycles. The molecule has 1 unspecified atom stereocenters. The number of nitrogens with zero attached hydrogens (tertiary/aromatic N) is 1. The minimum absolute atomic E-state index is 0.0678. The topological polar surface area (TPSA) is 171 Å². The molecule has 12 nitrogen and oxygen atoms in total. The first-order valence-corrected chi connectivity index (χ1v) is 19.5. The average Bonchev–Trinajstić information content (AvgIpc) is 3.79. The molecule has 6 atom stereocenters. The van der Waals surface area contributed by atoms with E-state index in [4.69, 9.17) is 0 Å². The molecule has 5 fully saturated rings. The first kappa shape index (κ1) is 36.3. The summed E-state index contributed by atoms with van der Waals surface area (Å²) in [6.07, 6.45) is 8.51. The van der Waals surface area contributed by atoms with Crippen molar-refractivity contribution in [3.8, 4) is 0 Å². The highest BCUT2D eigenvalue weighted by atomic mass is 32.2. The second kappa shape index (κ2) is 13.4. The monoisotopic (exact) mass is 689 g/mol. The maximum Gasteiger partial charge on any atom is 0.315 e. The molecule has 3 saturated carbocycles. The van der Waals surface area contributed by atoms with Crippen molar-refractivity contribution in [1.82, 2.24) is 26.2 Å². The number of ketones is 1. The Bertz CT molecular complexity index is 1430. The van der Waals surface area contributed by atoms with E-state index in [1.165, 1.54) is 6.08 Å². The Balaban J connectivity index is 1.35. The van der Waals surface area contributed by atoms with Crippen LogP contribution < -0.4 is 21.3 Å². The van der Waals surface area contributed by atoms with E-state index in [9.17, 15) is 32.4 Å². The lowest BCUT2D eigenvalue weighted by molar-refractivity contribution is -0.145. The van der Waals surface area contributed by atoms with Gasteiger partial charge in [0.25, 0.3) is 5.91 Å². The number of rotatable bonds is 12. The summed E-state index contributed by atoms with van der Waals surface area (Å²) in [5, 5.41) is 10.7. The van der Waals surface area contributed by atoms with Gasteiger partial charge in [0.2, 0.25) is 17.6 Å². The van der Waals surface area contributed by atoms with Gasteiger partial charge in [-0.3, -0.25) is 19.2 Å². The van der Waals surface area contributed by atoms with Crippen LogP contribution in [0.3, 0.4) is 0 Å². The summed E-state index contributed by atoms with van der Waals surface area (Å²) in [4.78, 5) is 69.6. The number of hydrogen-bond acceptors (Lipinski definition) is 7. The van der Waals surface area contributed by atoms with Crippen molar-refractivity contribution in [3.05, 3.63) is 12.7 Å². The molecule has 2 saturated heterocycles. The highest BCUT2D eigenvalue weighted by Crippen LogP contribution is 2.65. The van der Waals surface area contributed by atoms with Crippen molar-refractivity contribution in [2.75, 3.05) is 18.8 Å². The quantitative estimate of drug-likeness (QED) is 0.180. The van der Waals surface area contributed by atoms with Gasteiger partial charge in [0.1, 0.15) is 12.1 Å². The highest BCUT2D eigenvalue weighted by Gasteiger charge is 2.70. The molecule has 0 radical (unpaired) electrons. The number of urea groups is 1. The van der Waals surface area contributed by atoms with Crippen LogP contribution in [0, 0.1) is 28.6 Å². The Kier molecular flexibility index (Phi) is 10.1. The zero-order valence-corrected chi connectivity index (χ0v) is 30.0. The Morgan fingerprint density at radius 3 is 2.21 bits per heavy atom. The summed E-state index contributed by atoms with van der Waals surface area (Å²) in [5.74, 6) is -2.07. The van der Waals surface area contributed by atoms with Crippen LogP contribution in [0.2, 0.25) is 0 Å². The van der Waals surface area contributed by atoms with Crippen LogP contribution >= 0.6 is 0 Å². The number of amides is 5. The smallest absolute Gasteiger partial charge is 0.315 e. The van der Waals surface area contributed by atoms with Gasteiger partial charge >= 0.3 is 6.03 Å². The average molecular weight is 690 g/mol. The van der Waals surface area contributed by atoms with E-state index in [1.807, 2.05) is 20.8 Å². The Morgan fingerprint density at radius 2 is 1.65 bits per heavy atom. The van der Waals surface area contributed by atoms with Crippen LogP contribution in [0.15, 0.2) is 12.7 Å². The van der Waals surface area contributed by atoms with Crippen molar-refractivity contribution < 1.29 is 32.4 Å². The van der Waals surface area contributed by atoms with E-state index >= 15 is 0 Å². The van der Waals surface area contributed by atoms with Gasteiger partial charge in [-0.1, -0.05) is 72.8 Å². The fourth-order valence-corrected chi connectivity index (χ4v) is 11.1. The number of Topliss-reactive ketones (excluding diaryl/α,β-unsaturated/α-hetero) is 1. The van der Waals surface area contributed by atoms with E-state index < -0.39 is 73.7 Å². The van der Waals surface area contributed by atoms with Crippen LogP contribution in [0.5, 0.6) is 0 Å². The molecule has 0 bridgehead atoms. The number of fused-ring (bicyclic) bond motifs is 1. The van der Waals surface area contributed by atoms with Gasteiger partial charge in [0.15, 0.2) is 9.84 Å². The molecule has 2 heterocycles. The fraction of sp³-hybridized carbons (Fsp3) is 0.800. The van der Waals surface area contributed by atoms with Crippen molar-refractivity contribution in [2.45, 2.75) is 128 Å². The summed E-state index contributed by atoms with van der Waals surface area (Å²) < 4.78 is 26.1. The molecule has 48 heavy (non-hydrogen) atoms. The number of sulfone groups is 1. The highest BCUT2D eigenvalue weighted by molar-refractivity contribution is 7.92. The number of likely N-dealkylation sites (tertiary alicyclic amines) is 1. The molecular formula is C35H55N5O7S. The normalized spacial score (nSPS) is 29.5. The SMILES string of the molecule is C=CCNC(=O)C(=O)[C@H](CC1CC1)NC(=O)[C@@H]1[C@@H]2[C@H](CN1C(=O)[C@@H](NC(=O)NC1(C3CCCS3(=O)=O)CCCCC1)C(C)(C)C)C2(C)C. The Morgan fingerprint density at radius 1 is 0.979 bits per heavy atom. The van der Waals surface area contributed by atoms with Crippen LogP contribution in [0.4, 0.5) is 4.79 Å². The second-order valence-corrected chi connectivity index (χ2v) is 18.9. The number of carbonyl (C=O) groups excluding carboxylic acids is 5. The third-order valence-corrected chi connectivity index (χ3v) is 14.1. The molecule has 4 N–H and O–H groups in total. The molecule has 0 spiro atoms. The van der Waals surface area contributed by atoms with Crippen LogP contribution in [-0.4, -0.2) is 90.6 Å². The van der Waals surface area contributed by atoms with Crippen molar-refractivity contribution in [3.63, 3.8) is 0 Å². The summed E-state index contributed by atoms with van der Waals surface area (Å²) in [6.45, 7) is 13.7. The van der Waals surface area contributed by atoms with Gasteiger partial charge in [-0.05, 0) is 60.7 Å². The van der Waals surface area contributed by atoms with E-state index in [-0.39, 0.29) is 35.5 Å². The molecule has 5 rings (SSSR count). The molecule has 3 aliphatic carbocycles. The second-order valence-electron chi connectivity index (χ2n) is 16.6. The van der Waals surface area contributed by atoms with Gasteiger partial charge in [-0.25, -0.2) is 13.2 Å². The molecule has 268 valence electrons. The number of nitrogens with one attached hydrogen (secondary N) is 4. The van der Waals surface area contributed by atoms with E-state index in [0.717, 1.165) is 32.1 Å². The molecule has 0 aromatic rings. The fourth-order valence-electron chi connectivity index (χ4n) is 8.73. The summed E-state index contributed by atoms with van der Waals surface area (Å²) in [7, 11) is -3.35.